The van der Waals surface area contributed by atoms with Crippen LogP contribution >= 0.6 is 0 Å². The Morgan fingerprint density at radius 2 is 1.58 bits per heavy atom. The molecular weight excluding hydrogens is 468 g/mol. The van der Waals surface area contributed by atoms with E-state index < -0.39 is 0 Å². The summed E-state index contributed by atoms with van der Waals surface area (Å²) in [6.45, 7) is 12.6. The molecule has 4 aliphatic rings. The minimum atomic E-state index is -0.278. The summed E-state index contributed by atoms with van der Waals surface area (Å²) in [5, 5.41) is 0. The Kier molecular flexibility index (Phi) is 7.84. The second-order valence-electron chi connectivity index (χ2n) is 14.9. The Morgan fingerprint density at radius 3 is 2.29 bits per heavy atom. The van der Waals surface area contributed by atoms with Crippen molar-refractivity contribution in [2.75, 3.05) is 11.5 Å². The maximum Gasteiger partial charge on any atom is 0.338 e. The van der Waals surface area contributed by atoms with Crippen LogP contribution in [0.25, 0.3) is 0 Å². The largest absolute Gasteiger partial charge is 0.459 e. The molecule has 1 aromatic rings. The van der Waals surface area contributed by atoms with Crippen LogP contribution in [0.1, 0.15) is 122 Å². The van der Waals surface area contributed by atoms with E-state index in [0.29, 0.717) is 33.7 Å². The van der Waals surface area contributed by atoms with E-state index in [1.165, 1.54) is 64.2 Å². The Bertz CT molecular complexity index is 986. The van der Waals surface area contributed by atoms with Gasteiger partial charge in [-0.15, -0.1) is 0 Å². The van der Waals surface area contributed by atoms with Gasteiger partial charge in [-0.3, -0.25) is 0 Å². The number of carbonyl (C=O) groups is 1. The normalized spacial score (nSPS) is 39.2. The summed E-state index contributed by atoms with van der Waals surface area (Å²) in [4.78, 5) is 12.9. The lowest BCUT2D eigenvalue weighted by molar-refractivity contribution is -0.130. The molecule has 0 saturated heterocycles. The zero-order chi connectivity index (χ0) is 27.2. The zero-order valence-electron chi connectivity index (χ0n) is 24.8. The van der Waals surface area contributed by atoms with Gasteiger partial charge in [0.2, 0.25) is 0 Å². The molecule has 9 atom stereocenters. The molecule has 1 aromatic carbocycles. The van der Waals surface area contributed by atoms with Crippen molar-refractivity contribution >= 4 is 17.3 Å². The summed E-state index contributed by atoms with van der Waals surface area (Å²) in [7, 11) is 0. The first kappa shape index (κ1) is 27.8. The molecule has 212 valence electrons. The molecule has 0 radical (unpaired) electrons. The van der Waals surface area contributed by atoms with Crippen LogP contribution in [0, 0.1) is 52.3 Å². The molecule has 7 unspecified atom stereocenters. The van der Waals surface area contributed by atoms with Gasteiger partial charge < -0.3 is 16.2 Å². The number of ether oxygens (including phenoxy) is 1. The monoisotopic (exact) mass is 522 g/mol. The standard InChI is InChI=1S/C34H54N2O2/c1-21(2)7-6-8-22(3)29-11-12-30-28-10-9-24-19-27(38-32(37)23-17-25(35)20-26(36)18-23)13-15-33(24,4)31(28)14-16-34(29,30)5/h17-18,20-22,24,27-31H,6-16,19,35-36H2,1-5H3/t22-,24?,27+,28?,29?,30?,31?,33?,34?/m1/s1. The van der Waals surface area contributed by atoms with Crippen LogP contribution in [0.3, 0.4) is 0 Å². The lowest BCUT2D eigenvalue weighted by Gasteiger charge is -2.61. The zero-order valence-corrected chi connectivity index (χ0v) is 24.8. The fourth-order valence-electron chi connectivity index (χ4n) is 10.4. The molecule has 4 saturated carbocycles. The first-order valence-electron chi connectivity index (χ1n) is 15.9. The van der Waals surface area contributed by atoms with E-state index in [9.17, 15) is 4.79 Å². The minimum Gasteiger partial charge on any atom is -0.459 e. The Hall–Kier alpha value is -1.71. The molecule has 4 N–H and O–H groups in total. The summed E-state index contributed by atoms with van der Waals surface area (Å²) in [6, 6.07) is 5.03. The van der Waals surface area contributed by atoms with Crippen molar-refractivity contribution in [3.63, 3.8) is 0 Å². The molecule has 0 aromatic heterocycles. The number of esters is 1. The number of fused-ring (bicyclic) bond motifs is 5. The van der Waals surface area contributed by atoms with Crippen LogP contribution in [-0.4, -0.2) is 12.1 Å². The van der Waals surface area contributed by atoms with Gasteiger partial charge in [-0.1, -0.05) is 53.9 Å². The SMILES string of the molecule is CC(C)CCC[C@@H](C)C1CCC2C3CCC4C[C@@H](OC(=O)c5cc(N)cc(N)c5)CCC4(C)C3CCC21C. The van der Waals surface area contributed by atoms with Crippen molar-refractivity contribution in [2.45, 2.75) is 118 Å². The van der Waals surface area contributed by atoms with Gasteiger partial charge in [0.1, 0.15) is 6.10 Å². The van der Waals surface area contributed by atoms with Crippen LogP contribution < -0.4 is 11.5 Å². The van der Waals surface area contributed by atoms with Gasteiger partial charge in [0.25, 0.3) is 0 Å². The number of anilines is 2. The fourth-order valence-corrected chi connectivity index (χ4v) is 10.4. The van der Waals surface area contributed by atoms with Crippen molar-refractivity contribution in [2.24, 2.45) is 52.3 Å². The molecule has 0 heterocycles. The summed E-state index contributed by atoms with van der Waals surface area (Å²) in [6.07, 6.45) is 15.8. The molecule has 4 heteroatoms. The first-order valence-corrected chi connectivity index (χ1v) is 15.9. The molecule has 4 aliphatic carbocycles. The van der Waals surface area contributed by atoms with Crippen LogP contribution in [0.2, 0.25) is 0 Å². The molecular formula is C34H54N2O2. The molecule has 0 bridgehead atoms. The van der Waals surface area contributed by atoms with E-state index in [-0.39, 0.29) is 12.1 Å². The molecule has 0 amide bonds. The first-order chi connectivity index (χ1) is 18.0. The molecule has 0 spiro atoms. The Morgan fingerprint density at radius 1 is 0.895 bits per heavy atom. The van der Waals surface area contributed by atoms with Gasteiger partial charge in [-0.05, 0) is 128 Å². The maximum atomic E-state index is 12.9. The number of hydrogen-bond acceptors (Lipinski definition) is 4. The highest BCUT2D eigenvalue weighted by Crippen LogP contribution is 2.68. The highest BCUT2D eigenvalue weighted by Gasteiger charge is 2.60. The van der Waals surface area contributed by atoms with Gasteiger partial charge in [0, 0.05) is 11.4 Å². The lowest BCUT2D eigenvalue weighted by Crippen LogP contribution is -2.54. The number of nitrogen functional groups attached to an aromatic ring is 2. The van der Waals surface area contributed by atoms with Crippen LogP contribution in [0.15, 0.2) is 18.2 Å². The molecule has 5 rings (SSSR count). The third-order valence-electron chi connectivity index (χ3n) is 12.3. The number of nitrogens with two attached hydrogens (primary N) is 2. The predicted molar refractivity (Wildman–Crippen MR) is 158 cm³/mol. The molecule has 4 nitrogen and oxygen atoms in total. The van der Waals surface area contributed by atoms with Crippen molar-refractivity contribution < 1.29 is 9.53 Å². The summed E-state index contributed by atoms with van der Waals surface area (Å²) >= 11 is 0. The van der Waals surface area contributed by atoms with E-state index >= 15 is 0 Å². The molecule has 0 aliphatic heterocycles. The number of benzene rings is 1. The average molecular weight is 523 g/mol. The van der Waals surface area contributed by atoms with Crippen molar-refractivity contribution in [1.29, 1.82) is 0 Å². The highest BCUT2D eigenvalue weighted by molar-refractivity contribution is 5.91. The van der Waals surface area contributed by atoms with Gasteiger partial charge in [0.15, 0.2) is 0 Å². The van der Waals surface area contributed by atoms with Gasteiger partial charge in [-0.2, -0.15) is 0 Å². The third kappa shape index (κ3) is 5.10. The van der Waals surface area contributed by atoms with E-state index in [0.717, 1.165) is 48.3 Å². The second-order valence-corrected chi connectivity index (χ2v) is 14.9. The topological polar surface area (TPSA) is 78.3 Å². The van der Waals surface area contributed by atoms with Gasteiger partial charge >= 0.3 is 5.97 Å². The van der Waals surface area contributed by atoms with Crippen molar-refractivity contribution in [1.82, 2.24) is 0 Å². The molecule has 38 heavy (non-hydrogen) atoms. The average Bonchev–Trinajstić information content (AvgIpc) is 3.20. The fraction of sp³-hybridized carbons (Fsp3) is 0.794. The smallest absolute Gasteiger partial charge is 0.338 e. The quantitative estimate of drug-likeness (QED) is 0.278. The Labute approximate surface area is 232 Å². The predicted octanol–water partition coefficient (Wildman–Crippen LogP) is 8.50. The van der Waals surface area contributed by atoms with Gasteiger partial charge in [-0.25, -0.2) is 4.79 Å². The van der Waals surface area contributed by atoms with Crippen molar-refractivity contribution in [3.8, 4) is 0 Å². The van der Waals surface area contributed by atoms with E-state index in [1.54, 1.807) is 18.2 Å². The third-order valence-corrected chi connectivity index (χ3v) is 12.3. The number of rotatable bonds is 7. The molecule has 4 fully saturated rings. The lowest BCUT2D eigenvalue weighted by atomic mass is 9.44. The van der Waals surface area contributed by atoms with E-state index in [4.69, 9.17) is 16.2 Å². The van der Waals surface area contributed by atoms with Crippen LogP contribution in [0.5, 0.6) is 0 Å². The summed E-state index contributed by atoms with van der Waals surface area (Å²) in [5.74, 6) is 5.67. The van der Waals surface area contributed by atoms with Crippen molar-refractivity contribution in [3.05, 3.63) is 23.8 Å². The minimum absolute atomic E-state index is 0.0104. The second kappa shape index (κ2) is 10.7. The highest BCUT2D eigenvalue weighted by atomic mass is 16.5. The maximum absolute atomic E-state index is 12.9. The Balaban J connectivity index is 1.22. The number of hydrogen-bond donors (Lipinski definition) is 2. The van der Waals surface area contributed by atoms with Gasteiger partial charge in [0.05, 0.1) is 5.56 Å². The van der Waals surface area contributed by atoms with Crippen LogP contribution in [0.4, 0.5) is 11.4 Å². The van der Waals surface area contributed by atoms with E-state index in [1.807, 2.05) is 0 Å². The van der Waals surface area contributed by atoms with Crippen LogP contribution in [-0.2, 0) is 4.74 Å². The summed E-state index contributed by atoms with van der Waals surface area (Å²) in [5.41, 5.74) is 14.3. The van der Waals surface area contributed by atoms with E-state index in [2.05, 4.69) is 34.6 Å². The number of carbonyl (C=O) groups excluding carboxylic acids is 1. The summed E-state index contributed by atoms with van der Waals surface area (Å²) < 4.78 is 6.04.